The Kier molecular flexibility index (Phi) is 5.83. The highest BCUT2D eigenvalue weighted by Gasteiger charge is 2.20. The molecule has 0 saturated heterocycles. The number of aromatic nitrogens is 5. The third-order valence-electron chi connectivity index (χ3n) is 7.08. The van der Waals surface area contributed by atoms with Crippen LogP contribution >= 0.6 is 0 Å². The number of aryl methyl sites for hydroxylation is 5. The lowest BCUT2D eigenvalue weighted by Gasteiger charge is -2.14. The van der Waals surface area contributed by atoms with E-state index in [0.717, 1.165) is 71.6 Å². The van der Waals surface area contributed by atoms with E-state index in [9.17, 15) is 4.79 Å². The maximum Gasteiger partial charge on any atom is 0.439 e. The second-order valence-electron chi connectivity index (χ2n) is 9.80. The maximum atomic E-state index is 11.6. The van der Waals surface area contributed by atoms with Crippen LogP contribution in [0, 0.1) is 13.8 Å². The van der Waals surface area contributed by atoms with Crippen LogP contribution in [0.15, 0.2) is 57.8 Å². The highest BCUT2D eigenvalue weighted by atomic mass is 16.5. The fraction of sp³-hybridized carbons (Fsp3) is 0.267. The van der Waals surface area contributed by atoms with Crippen molar-refractivity contribution in [2.24, 2.45) is 0 Å². The molecule has 5 aromatic rings. The SMILES string of the molecule is CCCc1nc2c(C)cc(C)nc2n1Cc1ccc2c(c1)CCc1ccccc1/C2=C/c1noc(=O)[nH]1. The van der Waals surface area contributed by atoms with Crippen LogP contribution in [0.1, 0.15) is 64.1 Å². The van der Waals surface area contributed by atoms with E-state index in [-0.39, 0.29) is 0 Å². The van der Waals surface area contributed by atoms with Crippen molar-refractivity contribution in [3.63, 3.8) is 0 Å². The third-order valence-corrected chi connectivity index (χ3v) is 7.08. The van der Waals surface area contributed by atoms with Gasteiger partial charge in [-0.1, -0.05) is 54.5 Å². The van der Waals surface area contributed by atoms with Crippen LogP contribution in [0.2, 0.25) is 0 Å². The minimum absolute atomic E-state index is 0.414. The van der Waals surface area contributed by atoms with Crippen molar-refractivity contribution in [3.8, 4) is 0 Å². The number of aromatic amines is 1. The number of imidazole rings is 1. The zero-order valence-corrected chi connectivity index (χ0v) is 21.3. The molecule has 1 N–H and O–H groups in total. The number of benzene rings is 2. The molecule has 3 aromatic heterocycles. The van der Waals surface area contributed by atoms with Crippen LogP contribution in [0.25, 0.3) is 22.8 Å². The summed E-state index contributed by atoms with van der Waals surface area (Å²) in [5, 5.41) is 3.89. The second-order valence-corrected chi connectivity index (χ2v) is 9.80. The molecule has 186 valence electrons. The van der Waals surface area contributed by atoms with Crippen molar-refractivity contribution in [3.05, 3.63) is 110 Å². The largest absolute Gasteiger partial charge is 0.439 e. The van der Waals surface area contributed by atoms with Crippen molar-refractivity contribution in [2.45, 2.75) is 53.0 Å². The van der Waals surface area contributed by atoms with Crippen molar-refractivity contribution >= 4 is 22.8 Å². The number of H-pyrrole nitrogens is 1. The number of nitrogens with one attached hydrogen (secondary N) is 1. The quantitative estimate of drug-likeness (QED) is 0.355. The van der Waals surface area contributed by atoms with Crippen LogP contribution in [0.3, 0.4) is 0 Å². The van der Waals surface area contributed by atoms with E-state index in [0.29, 0.717) is 5.82 Å². The first-order chi connectivity index (χ1) is 18.0. The summed E-state index contributed by atoms with van der Waals surface area (Å²) in [6.45, 7) is 7.06. The summed E-state index contributed by atoms with van der Waals surface area (Å²) in [6, 6.07) is 17.2. The monoisotopic (exact) mass is 491 g/mol. The Morgan fingerprint density at radius 3 is 2.65 bits per heavy atom. The Bertz CT molecular complexity index is 1720. The van der Waals surface area contributed by atoms with Crippen LogP contribution in [-0.2, 0) is 25.8 Å². The molecule has 0 unspecified atom stereocenters. The number of fused-ring (bicyclic) bond motifs is 3. The molecule has 1 aliphatic rings. The van der Waals surface area contributed by atoms with E-state index < -0.39 is 5.76 Å². The molecule has 0 fully saturated rings. The molecule has 37 heavy (non-hydrogen) atoms. The van der Waals surface area contributed by atoms with Gasteiger partial charge in [-0.05, 0) is 84.2 Å². The van der Waals surface area contributed by atoms with Gasteiger partial charge in [-0.15, -0.1) is 0 Å². The molecule has 0 spiro atoms. The predicted molar refractivity (Wildman–Crippen MR) is 144 cm³/mol. The Balaban J connectivity index is 1.45. The lowest BCUT2D eigenvalue weighted by atomic mass is 9.92. The molecule has 1 aliphatic carbocycles. The molecule has 0 atom stereocenters. The van der Waals surface area contributed by atoms with E-state index in [1.54, 1.807) is 0 Å². The van der Waals surface area contributed by atoms with Crippen LogP contribution in [-0.4, -0.2) is 24.7 Å². The molecule has 6 rings (SSSR count). The molecule has 2 aromatic carbocycles. The van der Waals surface area contributed by atoms with Crippen molar-refractivity contribution in [1.82, 2.24) is 24.7 Å². The van der Waals surface area contributed by atoms with Gasteiger partial charge >= 0.3 is 5.76 Å². The first-order valence-corrected chi connectivity index (χ1v) is 12.8. The van der Waals surface area contributed by atoms with Gasteiger partial charge in [0.25, 0.3) is 0 Å². The lowest BCUT2D eigenvalue weighted by molar-refractivity contribution is 0.385. The summed E-state index contributed by atoms with van der Waals surface area (Å²) in [6.07, 6.45) is 5.72. The van der Waals surface area contributed by atoms with Gasteiger partial charge in [0.2, 0.25) is 0 Å². The molecule has 0 radical (unpaired) electrons. The molecule has 0 bridgehead atoms. The number of hydrogen-bond acceptors (Lipinski definition) is 5. The summed E-state index contributed by atoms with van der Waals surface area (Å²) < 4.78 is 7.03. The highest BCUT2D eigenvalue weighted by Crippen LogP contribution is 2.35. The maximum absolute atomic E-state index is 11.6. The van der Waals surface area contributed by atoms with Crippen LogP contribution in [0.5, 0.6) is 0 Å². The summed E-state index contributed by atoms with van der Waals surface area (Å²) in [5.74, 6) is 0.938. The van der Waals surface area contributed by atoms with Crippen molar-refractivity contribution < 1.29 is 4.52 Å². The summed E-state index contributed by atoms with van der Waals surface area (Å²) in [4.78, 5) is 24.1. The van der Waals surface area contributed by atoms with E-state index >= 15 is 0 Å². The molecule has 3 heterocycles. The fourth-order valence-corrected chi connectivity index (χ4v) is 5.44. The standard InChI is InChI=1S/C30H29N5O2/c1-4-7-27-33-28-18(2)14-19(3)31-29(28)35(27)17-20-10-13-24-22(15-20)12-11-21-8-5-6-9-23(21)25(24)16-26-32-30(36)37-34-26/h5-6,8-10,13-16H,4,7,11-12,17H2,1-3H3,(H,32,34,36)/b25-16-. The number of pyridine rings is 1. The van der Waals surface area contributed by atoms with E-state index in [1.807, 2.05) is 19.1 Å². The van der Waals surface area contributed by atoms with Gasteiger partial charge in [0, 0.05) is 12.1 Å². The Morgan fingerprint density at radius 2 is 1.84 bits per heavy atom. The minimum Gasteiger partial charge on any atom is -0.308 e. The molecule has 7 heteroatoms. The van der Waals surface area contributed by atoms with Crippen LogP contribution < -0.4 is 5.76 Å². The number of hydrogen-bond donors (Lipinski definition) is 1. The van der Waals surface area contributed by atoms with Gasteiger partial charge in [-0.2, -0.15) is 0 Å². The van der Waals surface area contributed by atoms with Gasteiger partial charge in [0.05, 0.1) is 6.54 Å². The molecule has 7 nitrogen and oxygen atoms in total. The van der Waals surface area contributed by atoms with Gasteiger partial charge < -0.3 is 4.57 Å². The van der Waals surface area contributed by atoms with Gasteiger partial charge in [-0.3, -0.25) is 9.51 Å². The normalized spacial score (nSPS) is 14.1. The molecule has 0 saturated carbocycles. The van der Waals surface area contributed by atoms with Gasteiger partial charge in [0.15, 0.2) is 11.5 Å². The zero-order valence-electron chi connectivity index (χ0n) is 21.3. The summed E-state index contributed by atoms with van der Waals surface area (Å²) in [5.41, 5.74) is 11.2. The fourth-order valence-electron chi connectivity index (χ4n) is 5.44. The Hall–Kier alpha value is -4.26. The topological polar surface area (TPSA) is 89.6 Å². The first kappa shape index (κ1) is 23.2. The van der Waals surface area contributed by atoms with Crippen molar-refractivity contribution in [2.75, 3.05) is 0 Å². The highest BCUT2D eigenvalue weighted by molar-refractivity contribution is 5.93. The second kappa shape index (κ2) is 9.32. The minimum atomic E-state index is -0.557. The van der Waals surface area contributed by atoms with Gasteiger partial charge in [-0.25, -0.2) is 14.8 Å². The first-order valence-electron chi connectivity index (χ1n) is 12.8. The van der Waals surface area contributed by atoms with E-state index in [1.165, 1.54) is 22.3 Å². The summed E-state index contributed by atoms with van der Waals surface area (Å²) >= 11 is 0. The number of rotatable bonds is 5. The summed E-state index contributed by atoms with van der Waals surface area (Å²) in [7, 11) is 0. The average molecular weight is 492 g/mol. The van der Waals surface area contributed by atoms with Gasteiger partial charge in [0.1, 0.15) is 11.3 Å². The Labute approximate surface area is 214 Å². The molecule has 0 aliphatic heterocycles. The molecule has 0 amide bonds. The van der Waals surface area contributed by atoms with Crippen LogP contribution in [0.4, 0.5) is 0 Å². The van der Waals surface area contributed by atoms with E-state index in [2.05, 4.69) is 71.0 Å². The average Bonchev–Trinajstić information content (AvgIpc) is 3.40. The molecular weight excluding hydrogens is 462 g/mol. The zero-order chi connectivity index (χ0) is 25.5. The van der Waals surface area contributed by atoms with Crippen molar-refractivity contribution in [1.29, 1.82) is 0 Å². The Morgan fingerprint density at radius 1 is 1.03 bits per heavy atom. The smallest absolute Gasteiger partial charge is 0.308 e. The predicted octanol–water partition coefficient (Wildman–Crippen LogP) is 5.41. The third kappa shape index (κ3) is 4.31. The number of nitrogens with zero attached hydrogens (tertiary/aromatic N) is 4. The molecular formula is C30H29N5O2. The lowest BCUT2D eigenvalue weighted by Crippen LogP contribution is -2.07. The van der Waals surface area contributed by atoms with E-state index in [4.69, 9.17) is 14.5 Å².